The number of carbonyl (C=O) groups is 1. The van der Waals surface area contributed by atoms with Gasteiger partial charge in [0.15, 0.2) is 5.78 Å². The number of methoxy groups -OCH3 is 1. The third-order valence-electron chi connectivity index (χ3n) is 1.80. The van der Waals surface area contributed by atoms with Gasteiger partial charge in [-0.15, -0.1) is 0 Å². The summed E-state index contributed by atoms with van der Waals surface area (Å²) in [6, 6.07) is 5.38. The van der Waals surface area contributed by atoms with E-state index in [1.165, 1.54) is 0 Å². The Morgan fingerprint density at radius 2 is 2.29 bits per heavy atom. The van der Waals surface area contributed by atoms with Gasteiger partial charge in [0.05, 0.1) is 19.2 Å². The average molecular weight is 258 g/mol. The fourth-order valence-electron chi connectivity index (χ4n) is 1.15. The van der Waals surface area contributed by atoms with Gasteiger partial charge in [0.25, 0.3) is 0 Å². The molecular formula is C10H12BrNO2. The molecule has 3 nitrogen and oxygen atoms in total. The Morgan fingerprint density at radius 1 is 1.57 bits per heavy atom. The molecule has 1 N–H and O–H groups in total. The Labute approximate surface area is 91.6 Å². The van der Waals surface area contributed by atoms with Gasteiger partial charge in [-0.25, -0.2) is 0 Å². The number of halogens is 1. The monoisotopic (exact) mass is 257 g/mol. The predicted molar refractivity (Wildman–Crippen MR) is 59.0 cm³/mol. The maximum absolute atomic E-state index is 11.6. The van der Waals surface area contributed by atoms with Crippen molar-refractivity contribution in [3.05, 3.63) is 28.2 Å². The van der Waals surface area contributed by atoms with Crippen molar-refractivity contribution in [2.45, 2.75) is 0 Å². The number of benzene rings is 1. The zero-order chi connectivity index (χ0) is 10.6. The van der Waals surface area contributed by atoms with E-state index in [4.69, 9.17) is 4.74 Å². The van der Waals surface area contributed by atoms with Crippen LogP contribution in [0.2, 0.25) is 0 Å². The fraction of sp³-hybridized carbons (Fsp3) is 0.300. The summed E-state index contributed by atoms with van der Waals surface area (Å²) in [5, 5.41) is 2.82. The van der Waals surface area contributed by atoms with Crippen molar-refractivity contribution in [3.63, 3.8) is 0 Å². The molecule has 0 bridgehead atoms. The first-order valence-electron chi connectivity index (χ1n) is 4.20. The second-order valence-corrected chi connectivity index (χ2v) is 3.71. The normalized spacial score (nSPS) is 9.93. The summed E-state index contributed by atoms with van der Waals surface area (Å²) < 4.78 is 5.97. The first kappa shape index (κ1) is 11.2. The van der Waals surface area contributed by atoms with Crippen molar-refractivity contribution in [2.24, 2.45) is 0 Å². The maximum atomic E-state index is 11.6. The number of nitrogens with one attached hydrogen (secondary N) is 1. The molecular weight excluding hydrogens is 246 g/mol. The number of Topliss-reactive ketones (excluding diaryl/α,β-unsaturated/α-hetero) is 1. The minimum Gasteiger partial charge on any atom is -0.496 e. The van der Waals surface area contributed by atoms with E-state index in [1.54, 1.807) is 26.3 Å². The molecule has 0 fully saturated rings. The summed E-state index contributed by atoms with van der Waals surface area (Å²) in [7, 11) is 3.29. The lowest BCUT2D eigenvalue weighted by Gasteiger charge is -2.07. The Hall–Kier alpha value is -0.870. The summed E-state index contributed by atoms with van der Waals surface area (Å²) in [4.78, 5) is 11.6. The Bertz CT molecular complexity index is 339. The van der Waals surface area contributed by atoms with Gasteiger partial charge in [0.1, 0.15) is 5.75 Å². The van der Waals surface area contributed by atoms with E-state index in [1.807, 2.05) is 6.07 Å². The Balaban J connectivity index is 3.03. The lowest BCUT2D eigenvalue weighted by atomic mass is 10.1. The Kier molecular flexibility index (Phi) is 4.10. The van der Waals surface area contributed by atoms with Crippen molar-refractivity contribution in [2.75, 3.05) is 20.7 Å². The lowest BCUT2D eigenvalue weighted by molar-refractivity contribution is 0.0990. The molecule has 1 aromatic carbocycles. The Morgan fingerprint density at radius 3 is 2.86 bits per heavy atom. The summed E-state index contributed by atoms with van der Waals surface area (Å²) in [5.74, 6) is 0.624. The summed E-state index contributed by atoms with van der Waals surface area (Å²) in [6.07, 6.45) is 0. The number of hydrogen-bond donors (Lipinski definition) is 1. The molecule has 0 aliphatic heterocycles. The molecule has 0 unspecified atom stereocenters. The minimum absolute atomic E-state index is 0.0191. The SMILES string of the molecule is CNCC(=O)c1cc(Br)ccc1OC. The standard InChI is InChI=1S/C10H12BrNO2/c1-12-6-9(13)8-5-7(11)3-4-10(8)14-2/h3-5,12H,6H2,1-2H3. The first-order chi connectivity index (χ1) is 6.69. The van der Waals surface area contributed by atoms with Crippen LogP contribution in [0.4, 0.5) is 0 Å². The quantitative estimate of drug-likeness (QED) is 0.838. The second-order valence-electron chi connectivity index (χ2n) is 2.80. The predicted octanol–water partition coefficient (Wildman–Crippen LogP) is 1.86. The second kappa shape index (κ2) is 5.12. The molecule has 4 heteroatoms. The van der Waals surface area contributed by atoms with Gasteiger partial charge in [-0.05, 0) is 25.2 Å². The average Bonchev–Trinajstić information content (AvgIpc) is 2.18. The number of carbonyl (C=O) groups excluding carboxylic acids is 1. The number of rotatable bonds is 4. The van der Waals surface area contributed by atoms with Crippen molar-refractivity contribution >= 4 is 21.7 Å². The molecule has 1 rings (SSSR count). The molecule has 0 radical (unpaired) electrons. The number of hydrogen-bond acceptors (Lipinski definition) is 3. The number of likely N-dealkylation sites (N-methyl/N-ethyl adjacent to an activating group) is 1. The van der Waals surface area contributed by atoms with E-state index in [2.05, 4.69) is 21.2 Å². The largest absolute Gasteiger partial charge is 0.496 e. The molecule has 0 aliphatic rings. The van der Waals surface area contributed by atoms with Crippen molar-refractivity contribution in [1.82, 2.24) is 5.32 Å². The van der Waals surface area contributed by atoms with Crippen LogP contribution < -0.4 is 10.1 Å². The van der Waals surface area contributed by atoms with E-state index in [0.717, 1.165) is 4.47 Å². The minimum atomic E-state index is 0.0191. The maximum Gasteiger partial charge on any atom is 0.180 e. The van der Waals surface area contributed by atoms with Gasteiger partial charge in [-0.3, -0.25) is 4.79 Å². The molecule has 0 atom stereocenters. The molecule has 1 aromatic rings. The van der Waals surface area contributed by atoms with Crippen molar-refractivity contribution in [3.8, 4) is 5.75 Å². The van der Waals surface area contributed by atoms with Gasteiger partial charge in [-0.1, -0.05) is 15.9 Å². The van der Waals surface area contributed by atoms with Crippen LogP contribution in [0.25, 0.3) is 0 Å². The van der Waals surface area contributed by atoms with E-state index in [-0.39, 0.29) is 5.78 Å². The van der Waals surface area contributed by atoms with Crippen LogP contribution in [0.5, 0.6) is 5.75 Å². The number of ketones is 1. The molecule has 76 valence electrons. The number of ether oxygens (including phenoxy) is 1. The molecule has 0 saturated carbocycles. The highest BCUT2D eigenvalue weighted by molar-refractivity contribution is 9.10. The van der Waals surface area contributed by atoms with Crippen molar-refractivity contribution in [1.29, 1.82) is 0 Å². The zero-order valence-electron chi connectivity index (χ0n) is 8.13. The van der Waals surface area contributed by atoms with Crippen LogP contribution >= 0.6 is 15.9 Å². The van der Waals surface area contributed by atoms with E-state index in [0.29, 0.717) is 17.9 Å². The van der Waals surface area contributed by atoms with Crippen LogP contribution in [0.1, 0.15) is 10.4 Å². The van der Waals surface area contributed by atoms with E-state index < -0.39 is 0 Å². The zero-order valence-corrected chi connectivity index (χ0v) is 9.72. The van der Waals surface area contributed by atoms with Gasteiger partial charge >= 0.3 is 0 Å². The highest BCUT2D eigenvalue weighted by Gasteiger charge is 2.11. The van der Waals surface area contributed by atoms with Gasteiger partial charge in [0, 0.05) is 4.47 Å². The van der Waals surface area contributed by atoms with Crippen LogP contribution in [-0.4, -0.2) is 26.5 Å². The third kappa shape index (κ3) is 2.56. The fourth-order valence-corrected chi connectivity index (χ4v) is 1.51. The molecule has 14 heavy (non-hydrogen) atoms. The highest BCUT2D eigenvalue weighted by Crippen LogP contribution is 2.23. The van der Waals surface area contributed by atoms with E-state index >= 15 is 0 Å². The summed E-state index contributed by atoms with van der Waals surface area (Å²) in [6.45, 7) is 0.312. The molecule has 0 heterocycles. The topological polar surface area (TPSA) is 38.3 Å². The van der Waals surface area contributed by atoms with Crippen LogP contribution in [0.3, 0.4) is 0 Å². The molecule has 0 amide bonds. The van der Waals surface area contributed by atoms with Crippen molar-refractivity contribution < 1.29 is 9.53 Å². The molecule has 0 spiro atoms. The lowest BCUT2D eigenvalue weighted by Crippen LogP contribution is -2.19. The van der Waals surface area contributed by atoms with Crippen LogP contribution in [-0.2, 0) is 0 Å². The smallest absolute Gasteiger partial charge is 0.180 e. The molecule has 0 saturated heterocycles. The van der Waals surface area contributed by atoms with Gasteiger partial charge in [0.2, 0.25) is 0 Å². The van der Waals surface area contributed by atoms with E-state index in [9.17, 15) is 4.79 Å². The summed E-state index contributed by atoms with van der Waals surface area (Å²) in [5.41, 5.74) is 0.594. The highest BCUT2D eigenvalue weighted by atomic mass is 79.9. The third-order valence-corrected chi connectivity index (χ3v) is 2.29. The van der Waals surface area contributed by atoms with Gasteiger partial charge < -0.3 is 10.1 Å². The summed E-state index contributed by atoms with van der Waals surface area (Å²) >= 11 is 3.32. The van der Waals surface area contributed by atoms with Crippen LogP contribution in [0, 0.1) is 0 Å². The molecule has 0 aliphatic carbocycles. The van der Waals surface area contributed by atoms with Crippen LogP contribution in [0.15, 0.2) is 22.7 Å². The van der Waals surface area contributed by atoms with Gasteiger partial charge in [-0.2, -0.15) is 0 Å². The first-order valence-corrected chi connectivity index (χ1v) is 4.99. The molecule has 0 aromatic heterocycles.